The van der Waals surface area contributed by atoms with Crippen LogP contribution in [0.1, 0.15) is 70.2 Å². The molecule has 0 heterocycles. The van der Waals surface area contributed by atoms with Crippen molar-refractivity contribution >= 4 is 6.08 Å². The number of aryl methyl sites for hydroxylation is 2. The molecular weight excluding hydrogens is 252 g/mol. The average molecular weight is 289 g/mol. The Bertz CT molecular complexity index is 383. The maximum absolute atomic E-state index is 4.00. The standard InChI is InChI=1S/C15H22.2C2H6.C2H2/c1-6-11(3)8-15-10-13(5)12(4)9-14(15)7-2;3*1-2/h7,9-11H,2,6,8H2,1,3-5H3;2*1-2H3;1-2H. The smallest absolute Gasteiger partial charge is 0.0227 e. The van der Waals surface area contributed by atoms with Gasteiger partial charge in [-0.2, -0.15) is 0 Å². The third-order valence-electron chi connectivity index (χ3n) is 3.24. The predicted molar refractivity (Wildman–Crippen MR) is 102 cm³/mol. The Morgan fingerprint density at radius 2 is 1.48 bits per heavy atom. The molecule has 0 saturated heterocycles. The molecule has 1 unspecified atom stereocenters. The summed E-state index contributed by atoms with van der Waals surface area (Å²) in [5, 5.41) is 0. The van der Waals surface area contributed by atoms with Crippen molar-refractivity contribution in [2.75, 3.05) is 0 Å². The fraction of sp³-hybridized carbons (Fsp3) is 0.524. The van der Waals surface area contributed by atoms with Crippen molar-refractivity contribution in [3.05, 3.63) is 41.0 Å². The maximum atomic E-state index is 4.00. The van der Waals surface area contributed by atoms with Gasteiger partial charge in [0.05, 0.1) is 0 Å². The van der Waals surface area contributed by atoms with Gasteiger partial charge in [-0.3, -0.25) is 0 Å². The molecule has 0 aliphatic rings. The Labute approximate surface area is 134 Å². The Morgan fingerprint density at radius 3 is 1.86 bits per heavy atom. The fourth-order valence-electron chi connectivity index (χ4n) is 1.78. The summed E-state index contributed by atoms with van der Waals surface area (Å²) >= 11 is 0. The van der Waals surface area contributed by atoms with E-state index in [0.29, 0.717) is 0 Å². The van der Waals surface area contributed by atoms with Crippen molar-refractivity contribution in [1.82, 2.24) is 0 Å². The molecule has 0 radical (unpaired) electrons. The minimum Gasteiger partial charge on any atom is -0.124 e. The minimum atomic E-state index is 0.755. The third-order valence-corrected chi connectivity index (χ3v) is 3.24. The van der Waals surface area contributed by atoms with Crippen LogP contribution in [0.2, 0.25) is 0 Å². The van der Waals surface area contributed by atoms with E-state index in [1.165, 1.54) is 35.1 Å². The van der Waals surface area contributed by atoms with Crippen molar-refractivity contribution in [2.24, 2.45) is 5.92 Å². The van der Waals surface area contributed by atoms with E-state index in [1.807, 2.05) is 33.8 Å². The van der Waals surface area contributed by atoms with Gasteiger partial charge in [-0.15, -0.1) is 12.8 Å². The minimum absolute atomic E-state index is 0.755. The van der Waals surface area contributed by atoms with Gasteiger partial charge in [-0.25, -0.2) is 0 Å². The molecule has 0 fully saturated rings. The molecule has 0 amide bonds. The molecule has 0 aliphatic carbocycles. The van der Waals surface area contributed by atoms with Crippen LogP contribution in [0.4, 0.5) is 0 Å². The normalized spacial score (nSPS) is 9.62. The molecule has 0 aliphatic heterocycles. The lowest BCUT2D eigenvalue weighted by Gasteiger charge is -2.13. The van der Waals surface area contributed by atoms with Crippen molar-refractivity contribution in [2.45, 2.75) is 68.2 Å². The lowest BCUT2D eigenvalue weighted by Crippen LogP contribution is -2.01. The van der Waals surface area contributed by atoms with Gasteiger partial charge >= 0.3 is 0 Å². The summed E-state index contributed by atoms with van der Waals surface area (Å²) in [6.07, 6.45) is 12.4. The molecule has 120 valence electrons. The van der Waals surface area contributed by atoms with Gasteiger partial charge in [0.15, 0.2) is 0 Å². The molecule has 1 aromatic rings. The van der Waals surface area contributed by atoms with E-state index >= 15 is 0 Å². The van der Waals surface area contributed by atoms with Gasteiger partial charge < -0.3 is 0 Å². The Morgan fingerprint density at radius 1 is 1.05 bits per heavy atom. The van der Waals surface area contributed by atoms with Crippen molar-refractivity contribution in [1.29, 1.82) is 0 Å². The summed E-state index contributed by atoms with van der Waals surface area (Å²) in [6.45, 7) is 20.8. The number of terminal acetylenes is 1. The van der Waals surface area contributed by atoms with Crippen LogP contribution in [0.25, 0.3) is 6.08 Å². The van der Waals surface area contributed by atoms with E-state index in [9.17, 15) is 0 Å². The summed E-state index contributed by atoms with van der Waals surface area (Å²) in [5.74, 6) is 0.755. The summed E-state index contributed by atoms with van der Waals surface area (Å²) in [4.78, 5) is 0. The summed E-state index contributed by atoms with van der Waals surface area (Å²) in [6, 6.07) is 4.57. The highest BCUT2D eigenvalue weighted by atomic mass is 14.1. The Hall–Kier alpha value is -1.48. The van der Waals surface area contributed by atoms with E-state index < -0.39 is 0 Å². The molecule has 0 aromatic heterocycles. The molecule has 0 N–H and O–H groups in total. The molecule has 1 atom stereocenters. The lowest BCUT2D eigenvalue weighted by atomic mass is 9.92. The molecule has 0 nitrogen and oxygen atoms in total. The number of benzene rings is 1. The van der Waals surface area contributed by atoms with Gasteiger partial charge in [0.25, 0.3) is 0 Å². The van der Waals surface area contributed by atoms with Gasteiger partial charge in [0, 0.05) is 0 Å². The van der Waals surface area contributed by atoms with Crippen LogP contribution < -0.4 is 0 Å². The zero-order valence-corrected chi connectivity index (χ0v) is 15.6. The molecule has 1 aromatic carbocycles. The fourth-order valence-corrected chi connectivity index (χ4v) is 1.78. The van der Waals surface area contributed by atoms with E-state index in [1.54, 1.807) is 0 Å². The van der Waals surface area contributed by atoms with E-state index in [-0.39, 0.29) is 0 Å². The highest BCUT2D eigenvalue weighted by Crippen LogP contribution is 2.21. The Balaban J connectivity index is -0.000000478. The molecule has 0 heteroatoms. The van der Waals surface area contributed by atoms with E-state index in [4.69, 9.17) is 0 Å². The first-order valence-electron chi connectivity index (χ1n) is 8.14. The van der Waals surface area contributed by atoms with Crippen molar-refractivity contribution in [3.8, 4) is 12.8 Å². The van der Waals surface area contributed by atoms with Crippen LogP contribution in [0.5, 0.6) is 0 Å². The zero-order valence-electron chi connectivity index (χ0n) is 15.6. The third kappa shape index (κ3) is 9.97. The number of hydrogen-bond donors (Lipinski definition) is 0. The van der Waals surface area contributed by atoms with Crippen LogP contribution in [0, 0.1) is 32.6 Å². The highest BCUT2D eigenvalue weighted by Gasteiger charge is 2.06. The molecule has 21 heavy (non-hydrogen) atoms. The molecule has 0 bridgehead atoms. The van der Waals surface area contributed by atoms with E-state index in [2.05, 4.69) is 59.3 Å². The largest absolute Gasteiger partial charge is 0.124 e. The summed E-state index contributed by atoms with van der Waals surface area (Å²) < 4.78 is 0. The molecule has 0 spiro atoms. The van der Waals surface area contributed by atoms with Crippen LogP contribution in [-0.4, -0.2) is 0 Å². The Kier molecular flexibility index (Phi) is 19.4. The zero-order chi connectivity index (χ0) is 17.4. The first-order valence-corrected chi connectivity index (χ1v) is 8.14. The van der Waals surface area contributed by atoms with Crippen LogP contribution in [-0.2, 0) is 6.42 Å². The number of rotatable bonds is 4. The van der Waals surface area contributed by atoms with Crippen LogP contribution in [0.3, 0.4) is 0 Å². The monoisotopic (exact) mass is 288 g/mol. The van der Waals surface area contributed by atoms with Gasteiger partial charge in [-0.05, 0) is 48.4 Å². The summed E-state index contributed by atoms with van der Waals surface area (Å²) in [7, 11) is 0. The van der Waals surface area contributed by atoms with Gasteiger partial charge in [0.1, 0.15) is 0 Å². The molecule has 1 rings (SSSR count). The lowest BCUT2D eigenvalue weighted by molar-refractivity contribution is 0.559. The highest BCUT2D eigenvalue weighted by molar-refractivity contribution is 5.55. The second kappa shape index (κ2) is 16.6. The van der Waals surface area contributed by atoms with Gasteiger partial charge in [-0.1, -0.05) is 72.8 Å². The second-order valence-electron chi connectivity index (χ2n) is 4.56. The quantitative estimate of drug-likeness (QED) is 0.532. The first kappa shape index (κ1) is 24.5. The molecule has 0 saturated carbocycles. The topological polar surface area (TPSA) is 0 Å². The van der Waals surface area contributed by atoms with Crippen LogP contribution >= 0.6 is 0 Å². The second-order valence-corrected chi connectivity index (χ2v) is 4.56. The summed E-state index contributed by atoms with van der Waals surface area (Å²) in [5.41, 5.74) is 5.50. The molecular formula is C21H36. The number of hydrogen-bond acceptors (Lipinski definition) is 0. The predicted octanol–water partition coefficient (Wildman–Crippen LogP) is 6.84. The van der Waals surface area contributed by atoms with E-state index in [0.717, 1.165) is 5.92 Å². The van der Waals surface area contributed by atoms with Gasteiger partial charge in [0.2, 0.25) is 0 Å². The first-order chi connectivity index (χ1) is 10.1. The maximum Gasteiger partial charge on any atom is -0.0227 e. The van der Waals surface area contributed by atoms with Crippen molar-refractivity contribution in [3.63, 3.8) is 0 Å². The van der Waals surface area contributed by atoms with Crippen LogP contribution in [0.15, 0.2) is 18.7 Å². The van der Waals surface area contributed by atoms with Crippen molar-refractivity contribution < 1.29 is 0 Å². The average Bonchev–Trinajstić information content (AvgIpc) is 2.56. The SMILES string of the molecule is C#C.C=Cc1cc(C)c(C)cc1CC(C)CC.CC.CC.